The van der Waals surface area contributed by atoms with E-state index in [-0.39, 0.29) is 0 Å². The molecule has 1 aromatic carbocycles. The van der Waals surface area contributed by atoms with E-state index in [9.17, 15) is 22.4 Å². The number of ether oxygens (including phenoxy) is 2. The summed E-state index contributed by atoms with van der Waals surface area (Å²) in [6, 6.07) is 3.00. The van der Waals surface area contributed by atoms with E-state index in [1.165, 1.54) is 6.07 Å². The Morgan fingerprint density at radius 1 is 1.32 bits per heavy atom. The van der Waals surface area contributed by atoms with Crippen molar-refractivity contribution in [3.63, 3.8) is 0 Å². The molecule has 0 atom stereocenters. The van der Waals surface area contributed by atoms with Crippen LogP contribution in [0.25, 0.3) is 0 Å². The first-order valence-corrected chi connectivity index (χ1v) is 4.80. The number of hydrogen-bond acceptors (Lipinski definition) is 4. The summed E-state index contributed by atoms with van der Waals surface area (Å²) in [5.41, 5.74) is -2.39. The minimum Gasteiger partial charge on any atom is -0.465 e. The number of carbonyl (C=O) groups excluding carboxylic acids is 1. The molecule has 19 heavy (non-hydrogen) atoms. The summed E-state index contributed by atoms with van der Waals surface area (Å²) in [5.74, 6) is -1.82. The summed E-state index contributed by atoms with van der Waals surface area (Å²) in [6.45, 7) is -3.28. The Bertz CT molecular complexity index is 525. The maximum Gasteiger partial charge on any atom is 0.387 e. The Hall–Kier alpha value is -2.30. The molecule has 0 saturated heterocycles. The second-order valence-corrected chi connectivity index (χ2v) is 3.18. The van der Waals surface area contributed by atoms with Crippen LogP contribution in [0.4, 0.5) is 17.6 Å². The van der Waals surface area contributed by atoms with Crippen molar-refractivity contribution in [1.29, 1.82) is 5.26 Å². The molecule has 4 nitrogen and oxygen atoms in total. The number of nitrogens with zero attached hydrogens (tertiary/aromatic N) is 1. The SMILES string of the molecule is COC(=O)c1ccc(OC(F)F)c(C#N)c1C(F)F. The van der Waals surface area contributed by atoms with E-state index >= 15 is 0 Å². The molecule has 0 aliphatic carbocycles. The average molecular weight is 277 g/mol. The van der Waals surface area contributed by atoms with Crippen molar-refractivity contribution in [3.05, 3.63) is 28.8 Å². The highest BCUT2D eigenvalue weighted by Crippen LogP contribution is 2.33. The third-order valence-corrected chi connectivity index (χ3v) is 2.16. The number of methoxy groups -OCH3 is 1. The zero-order valence-electron chi connectivity index (χ0n) is 9.49. The number of benzene rings is 1. The molecule has 0 saturated carbocycles. The van der Waals surface area contributed by atoms with Crippen molar-refractivity contribution in [2.75, 3.05) is 7.11 Å². The van der Waals surface area contributed by atoms with Crippen molar-refractivity contribution in [2.45, 2.75) is 13.0 Å². The summed E-state index contributed by atoms with van der Waals surface area (Å²) >= 11 is 0. The molecule has 102 valence electrons. The van der Waals surface area contributed by atoms with Gasteiger partial charge in [-0.15, -0.1) is 0 Å². The largest absolute Gasteiger partial charge is 0.465 e. The van der Waals surface area contributed by atoms with Gasteiger partial charge in [0.2, 0.25) is 0 Å². The Morgan fingerprint density at radius 3 is 2.37 bits per heavy atom. The van der Waals surface area contributed by atoms with E-state index in [1.54, 1.807) is 0 Å². The number of hydrogen-bond donors (Lipinski definition) is 0. The molecule has 1 aromatic rings. The lowest BCUT2D eigenvalue weighted by atomic mass is 10.0. The first kappa shape index (κ1) is 14.8. The van der Waals surface area contributed by atoms with Crippen LogP contribution in [0.1, 0.15) is 27.9 Å². The predicted molar refractivity (Wildman–Crippen MR) is 54.1 cm³/mol. The second kappa shape index (κ2) is 6.04. The number of nitriles is 1. The molecule has 8 heteroatoms. The summed E-state index contributed by atoms with van der Waals surface area (Å²) in [5, 5.41) is 8.78. The summed E-state index contributed by atoms with van der Waals surface area (Å²) < 4.78 is 58.2. The van der Waals surface area contributed by atoms with E-state index in [2.05, 4.69) is 9.47 Å². The minimum absolute atomic E-state index is 0.573. The fraction of sp³-hybridized carbons (Fsp3) is 0.273. The summed E-state index contributed by atoms with van der Waals surface area (Å²) in [6.07, 6.45) is -3.22. The van der Waals surface area contributed by atoms with Crippen LogP contribution >= 0.6 is 0 Å². The van der Waals surface area contributed by atoms with Crippen LogP contribution in [0.3, 0.4) is 0 Å². The molecule has 0 N–H and O–H groups in total. The minimum atomic E-state index is -3.28. The molecule has 0 amide bonds. The Balaban J connectivity index is 3.48. The molecular weight excluding hydrogens is 270 g/mol. The van der Waals surface area contributed by atoms with Crippen LogP contribution in [0, 0.1) is 11.3 Å². The van der Waals surface area contributed by atoms with E-state index in [0.29, 0.717) is 0 Å². The lowest BCUT2D eigenvalue weighted by molar-refractivity contribution is -0.0502. The van der Waals surface area contributed by atoms with Crippen molar-refractivity contribution >= 4 is 5.97 Å². The maximum absolute atomic E-state index is 12.9. The second-order valence-electron chi connectivity index (χ2n) is 3.18. The van der Waals surface area contributed by atoms with E-state index < -0.39 is 41.4 Å². The number of esters is 1. The number of rotatable bonds is 4. The van der Waals surface area contributed by atoms with Gasteiger partial charge >= 0.3 is 12.6 Å². The van der Waals surface area contributed by atoms with Gasteiger partial charge in [0.15, 0.2) is 0 Å². The monoisotopic (exact) mass is 277 g/mol. The van der Waals surface area contributed by atoms with Gasteiger partial charge in [-0.3, -0.25) is 0 Å². The van der Waals surface area contributed by atoms with E-state index in [4.69, 9.17) is 5.26 Å². The third kappa shape index (κ3) is 3.13. The van der Waals surface area contributed by atoms with Gasteiger partial charge in [-0.2, -0.15) is 14.0 Å². The van der Waals surface area contributed by atoms with Gasteiger partial charge in [0.1, 0.15) is 17.4 Å². The van der Waals surface area contributed by atoms with Gasteiger partial charge in [0.05, 0.1) is 18.2 Å². The molecule has 0 fully saturated rings. The van der Waals surface area contributed by atoms with E-state index in [0.717, 1.165) is 19.2 Å². The number of alkyl halides is 4. The molecule has 0 aliphatic heterocycles. The van der Waals surface area contributed by atoms with Crippen molar-refractivity contribution < 1.29 is 31.8 Å². The van der Waals surface area contributed by atoms with Crippen LogP contribution in [0.2, 0.25) is 0 Å². The number of halogens is 4. The van der Waals surface area contributed by atoms with Gasteiger partial charge in [-0.25, -0.2) is 13.6 Å². The van der Waals surface area contributed by atoms with Crippen LogP contribution in [-0.2, 0) is 4.74 Å². The molecule has 0 radical (unpaired) electrons. The van der Waals surface area contributed by atoms with Crippen molar-refractivity contribution in [1.82, 2.24) is 0 Å². The Morgan fingerprint density at radius 2 is 1.95 bits per heavy atom. The van der Waals surface area contributed by atoms with Crippen molar-refractivity contribution in [3.8, 4) is 11.8 Å². The lowest BCUT2D eigenvalue weighted by Gasteiger charge is -2.13. The molecule has 1 rings (SSSR count). The van der Waals surface area contributed by atoms with Gasteiger partial charge in [-0.05, 0) is 12.1 Å². The standard InChI is InChI=1S/C11H7F4NO3/c1-18-10(17)5-2-3-7(19-11(14)15)6(4-16)8(5)9(12)13/h2-3,9,11H,1H3. The Kier molecular flexibility index (Phi) is 4.69. The topological polar surface area (TPSA) is 59.3 Å². The van der Waals surface area contributed by atoms with Gasteiger partial charge in [-0.1, -0.05) is 0 Å². The fourth-order valence-electron chi connectivity index (χ4n) is 1.42. The zero-order chi connectivity index (χ0) is 14.6. The summed E-state index contributed by atoms with van der Waals surface area (Å²) in [7, 11) is 0.965. The molecule has 0 bridgehead atoms. The predicted octanol–water partition coefficient (Wildman–Crippen LogP) is 2.88. The summed E-state index contributed by atoms with van der Waals surface area (Å²) in [4.78, 5) is 11.3. The van der Waals surface area contributed by atoms with Crippen LogP contribution in [0.5, 0.6) is 5.75 Å². The highest BCUT2D eigenvalue weighted by Gasteiger charge is 2.26. The third-order valence-electron chi connectivity index (χ3n) is 2.16. The highest BCUT2D eigenvalue weighted by molar-refractivity contribution is 5.92. The quantitative estimate of drug-likeness (QED) is 0.627. The molecular formula is C11H7F4NO3. The first-order chi connectivity index (χ1) is 8.92. The maximum atomic E-state index is 12.9. The zero-order valence-corrected chi connectivity index (χ0v) is 9.49. The highest BCUT2D eigenvalue weighted by atomic mass is 19.3. The van der Waals surface area contributed by atoms with Gasteiger partial charge < -0.3 is 9.47 Å². The van der Waals surface area contributed by atoms with Crippen LogP contribution in [-0.4, -0.2) is 19.7 Å². The molecule has 0 spiro atoms. The smallest absolute Gasteiger partial charge is 0.387 e. The van der Waals surface area contributed by atoms with Gasteiger partial charge in [0, 0.05) is 0 Å². The lowest BCUT2D eigenvalue weighted by Crippen LogP contribution is -2.11. The first-order valence-electron chi connectivity index (χ1n) is 4.80. The van der Waals surface area contributed by atoms with E-state index in [1.807, 2.05) is 0 Å². The van der Waals surface area contributed by atoms with Crippen LogP contribution < -0.4 is 4.74 Å². The molecule has 0 aromatic heterocycles. The molecule has 0 aliphatic rings. The fourth-order valence-corrected chi connectivity index (χ4v) is 1.42. The van der Waals surface area contributed by atoms with Crippen molar-refractivity contribution in [2.24, 2.45) is 0 Å². The van der Waals surface area contributed by atoms with Crippen LogP contribution in [0.15, 0.2) is 12.1 Å². The molecule has 0 heterocycles. The van der Waals surface area contributed by atoms with Gasteiger partial charge in [0.25, 0.3) is 6.43 Å². The number of carbonyl (C=O) groups is 1. The normalized spacial score (nSPS) is 10.4. The molecule has 0 unspecified atom stereocenters. The average Bonchev–Trinajstić information content (AvgIpc) is 2.36. The Labute approximate surface area is 105 Å².